The molecule has 0 saturated heterocycles. The molecule has 2 rings (SSSR count). The summed E-state index contributed by atoms with van der Waals surface area (Å²) < 4.78 is 0. The van der Waals surface area contributed by atoms with Gasteiger partial charge in [-0.25, -0.2) is 9.97 Å². The van der Waals surface area contributed by atoms with Crippen molar-refractivity contribution in [3.63, 3.8) is 0 Å². The van der Waals surface area contributed by atoms with Crippen molar-refractivity contribution in [3.8, 4) is 0 Å². The van der Waals surface area contributed by atoms with Crippen molar-refractivity contribution in [2.24, 2.45) is 0 Å². The molecule has 0 aliphatic rings. The van der Waals surface area contributed by atoms with Crippen LogP contribution in [-0.2, 0) is 6.54 Å². The molecule has 2 heterocycles. The lowest BCUT2D eigenvalue weighted by Crippen LogP contribution is -2.24. The standard InChI is InChI=1S/C14H17N5O/c1-3-15-13-9-17-12(8-18-13)14(20)19-7-11-5-4-10(2)16-6-11/h4-6,8-9H,3,7H2,1-2H3,(H,15,18)(H,19,20). The van der Waals surface area contributed by atoms with E-state index in [1.807, 2.05) is 26.0 Å². The van der Waals surface area contributed by atoms with Gasteiger partial charge in [0, 0.05) is 25.0 Å². The van der Waals surface area contributed by atoms with Gasteiger partial charge < -0.3 is 10.6 Å². The molecule has 0 spiro atoms. The number of carbonyl (C=O) groups is 1. The summed E-state index contributed by atoms with van der Waals surface area (Å²) in [5, 5.41) is 5.81. The smallest absolute Gasteiger partial charge is 0.271 e. The predicted octanol–water partition coefficient (Wildman–Crippen LogP) is 1.54. The Balaban J connectivity index is 1.92. The molecule has 0 saturated carbocycles. The minimum Gasteiger partial charge on any atom is -0.369 e. The summed E-state index contributed by atoms with van der Waals surface area (Å²) >= 11 is 0. The zero-order valence-electron chi connectivity index (χ0n) is 11.6. The minimum absolute atomic E-state index is 0.249. The molecule has 6 heteroatoms. The number of hydrogen-bond donors (Lipinski definition) is 2. The first-order chi connectivity index (χ1) is 9.69. The van der Waals surface area contributed by atoms with Gasteiger partial charge >= 0.3 is 0 Å². The van der Waals surface area contributed by atoms with E-state index in [1.165, 1.54) is 6.20 Å². The first-order valence-electron chi connectivity index (χ1n) is 6.44. The van der Waals surface area contributed by atoms with Crippen LogP contribution in [0.1, 0.15) is 28.7 Å². The van der Waals surface area contributed by atoms with E-state index in [1.54, 1.807) is 12.4 Å². The van der Waals surface area contributed by atoms with Gasteiger partial charge in [-0.2, -0.15) is 0 Å². The second kappa shape index (κ2) is 6.60. The SMILES string of the molecule is CCNc1cnc(C(=O)NCc2ccc(C)nc2)cn1. The number of rotatable bonds is 5. The quantitative estimate of drug-likeness (QED) is 0.862. The molecule has 104 valence electrons. The van der Waals surface area contributed by atoms with E-state index < -0.39 is 0 Å². The average molecular weight is 271 g/mol. The molecule has 0 fully saturated rings. The molecule has 1 amide bonds. The Bertz CT molecular complexity index is 565. The molecule has 2 N–H and O–H groups in total. The van der Waals surface area contributed by atoms with Crippen LogP contribution in [-0.4, -0.2) is 27.4 Å². The van der Waals surface area contributed by atoms with Crippen LogP contribution in [0.4, 0.5) is 5.82 Å². The van der Waals surface area contributed by atoms with Crippen LogP contribution in [0.5, 0.6) is 0 Å². The van der Waals surface area contributed by atoms with Crippen molar-refractivity contribution in [3.05, 3.63) is 47.7 Å². The number of aryl methyl sites for hydroxylation is 1. The van der Waals surface area contributed by atoms with Gasteiger partial charge in [0.2, 0.25) is 0 Å². The highest BCUT2D eigenvalue weighted by atomic mass is 16.1. The van der Waals surface area contributed by atoms with E-state index >= 15 is 0 Å². The van der Waals surface area contributed by atoms with Gasteiger partial charge in [0.05, 0.1) is 12.4 Å². The van der Waals surface area contributed by atoms with E-state index in [9.17, 15) is 4.79 Å². The molecule has 0 unspecified atom stereocenters. The Morgan fingerprint density at radius 1 is 1.15 bits per heavy atom. The Morgan fingerprint density at radius 2 is 2.00 bits per heavy atom. The number of carbonyl (C=O) groups excluding carboxylic acids is 1. The van der Waals surface area contributed by atoms with E-state index in [4.69, 9.17) is 0 Å². The van der Waals surface area contributed by atoms with Crippen LogP contribution in [0, 0.1) is 6.92 Å². The summed E-state index contributed by atoms with van der Waals surface area (Å²) in [7, 11) is 0. The highest BCUT2D eigenvalue weighted by Crippen LogP contribution is 2.02. The van der Waals surface area contributed by atoms with Crippen molar-refractivity contribution < 1.29 is 4.79 Å². The summed E-state index contributed by atoms with van der Waals surface area (Å²) in [5.41, 5.74) is 2.19. The lowest BCUT2D eigenvalue weighted by Gasteiger charge is -2.06. The lowest BCUT2D eigenvalue weighted by molar-refractivity contribution is 0.0945. The number of nitrogens with zero attached hydrogens (tertiary/aromatic N) is 3. The second-order valence-electron chi connectivity index (χ2n) is 4.31. The first-order valence-corrected chi connectivity index (χ1v) is 6.44. The molecular formula is C14H17N5O. The molecule has 0 aliphatic heterocycles. The third-order valence-electron chi connectivity index (χ3n) is 2.67. The normalized spacial score (nSPS) is 10.1. The van der Waals surface area contributed by atoms with Crippen molar-refractivity contribution in [1.82, 2.24) is 20.3 Å². The zero-order chi connectivity index (χ0) is 14.4. The second-order valence-corrected chi connectivity index (χ2v) is 4.31. The van der Waals surface area contributed by atoms with Crippen LogP contribution < -0.4 is 10.6 Å². The fraction of sp³-hybridized carbons (Fsp3) is 0.286. The van der Waals surface area contributed by atoms with Gasteiger partial charge in [0.25, 0.3) is 5.91 Å². The number of anilines is 1. The molecule has 2 aromatic heterocycles. The third-order valence-corrected chi connectivity index (χ3v) is 2.67. The molecule has 0 aromatic carbocycles. The average Bonchev–Trinajstić information content (AvgIpc) is 2.47. The molecule has 0 atom stereocenters. The highest BCUT2D eigenvalue weighted by Gasteiger charge is 2.07. The van der Waals surface area contributed by atoms with Gasteiger partial charge in [-0.3, -0.25) is 9.78 Å². The van der Waals surface area contributed by atoms with Crippen LogP contribution in [0.3, 0.4) is 0 Å². The summed E-state index contributed by atoms with van der Waals surface area (Å²) in [6.07, 6.45) is 4.75. The summed E-state index contributed by atoms with van der Waals surface area (Å²) in [4.78, 5) is 24.3. The van der Waals surface area contributed by atoms with E-state index in [-0.39, 0.29) is 5.91 Å². The van der Waals surface area contributed by atoms with Crippen molar-refractivity contribution in [2.45, 2.75) is 20.4 Å². The van der Waals surface area contributed by atoms with Gasteiger partial charge in [-0.05, 0) is 25.5 Å². The molecule has 0 bridgehead atoms. The highest BCUT2D eigenvalue weighted by molar-refractivity contribution is 5.91. The number of nitrogens with one attached hydrogen (secondary N) is 2. The largest absolute Gasteiger partial charge is 0.369 e. The summed E-state index contributed by atoms with van der Waals surface area (Å²) in [6, 6.07) is 3.84. The first kappa shape index (κ1) is 13.9. The third kappa shape index (κ3) is 3.74. The monoisotopic (exact) mass is 271 g/mol. The topological polar surface area (TPSA) is 79.8 Å². The summed E-state index contributed by atoms with van der Waals surface area (Å²) in [5.74, 6) is 0.410. The maximum Gasteiger partial charge on any atom is 0.271 e. The van der Waals surface area contributed by atoms with Gasteiger partial charge in [0.1, 0.15) is 11.5 Å². The molecule has 6 nitrogen and oxygen atoms in total. The summed E-state index contributed by atoms with van der Waals surface area (Å²) in [6.45, 7) is 5.07. The molecule has 0 radical (unpaired) electrons. The van der Waals surface area contributed by atoms with Crippen LogP contribution in [0.25, 0.3) is 0 Å². The Hall–Kier alpha value is -2.50. The Kier molecular flexibility index (Phi) is 4.60. The van der Waals surface area contributed by atoms with Crippen molar-refractivity contribution in [2.75, 3.05) is 11.9 Å². The molecule has 0 aliphatic carbocycles. The lowest BCUT2D eigenvalue weighted by atomic mass is 10.2. The van der Waals surface area contributed by atoms with Crippen LogP contribution >= 0.6 is 0 Å². The Labute approximate surface area is 117 Å². The van der Waals surface area contributed by atoms with Crippen molar-refractivity contribution in [1.29, 1.82) is 0 Å². The van der Waals surface area contributed by atoms with Crippen molar-refractivity contribution >= 4 is 11.7 Å². The predicted molar refractivity (Wildman–Crippen MR) is 76.3 cm³/mol. The number of pyridine rings is 1. The van der Waals surface area contributed by atoms with Gasteiger partial charge in [0.15, 0.2) is 0 Å². The van der Waals surface area contributed by atoms with E-state index in [0.29, 0.717) is 18.1 Å². The van der Waals surface area contributed by atoms with E-state index in [2.05, 4.69) is 25.6 Å². The fourth-order valence-corrected chi connectivity index (χ4v) is 1.59. The number of aromatic nitrogens is 3. The molecule has 2 aromatic rings. The minimum atomic E-state index is -0.249. The fourth-order valence-electron chi connectivity index (χ4n) is 1.59. The molecule has 20 heavy (non-hydrogen) atoms. The van der Waals surface area contributed by atoms with Crippen LogP contribution in [0.15, 0.2) is 30.7 Å². The number of amides is 1. The Morgan fingerprint density at radius 3 is 2.60 bits per heavy atom. The van der Waals surface area contributed by atoms with Gasteiger partial charge in [-0.15, -0.1) is 0 Å². The maximum atomic E-state index is 11.9. The van der Waals surface area contributed by atoms with Crippen LogP contribution in [0.2, 0.25) is 0 Å². The van der Waals surface area contributed by atoms with E-state index in [0.717, 1.165) is 17.8 Å². The van der Waals surface area contributed by atoms with Gasteiger partial charge in [-0.1, -0.05) is 6.07 Å². The number of hydrogen-bond acceptors (Lipinski definition) is 5. The molecular weight excluding hydrogens is 254 g/mol. The maximum absolute atomic E-state index is 11.9. The zero-order valence-corrected chi connectivity index (χ0v) is 11.6.